The predicted molar refractivity (Wildman–Crippen MR) is 107 cm³/mol. The molecule has 0 saturated carbocycles. The molecule has 2 heterocycles. The van der Waals surface area contributed by atoms with E-state index in [1.807, 2.05) is 4.90 Å². The van der Waals surface area contributed by atoms with E-state index in [2.05, 4.69) is 25.5 Å². The molecule has 0 atom stereocenters. The number of hydrazone groups is 1. The normalized spacial score (nSPS) is 14.0. The van der Waals surface area contributed by atoms with Crippen molar-refractivity contribution in [3.63, 3.8) is 0 Å². The Bertz CT molecular complexity index is 832. The van der Waals surface area contributed by atoms with Crippen LogP contribution in [-0.2, 0) is 4.74 Å². The first-order chi connectivity index (χ1) is 14.2. The molecule has 1 aliphatic rings. The van der Waals surface area contributed by atoms with Gasteiger partial charge in [0.05, 0.1) is 47.9 Å². The van der Waals surface area contributed by atoms with Crippen LogP contribution in [0.25, 0.3) is 0 Å². The Morgan fingerprint density at radius 2 is 1.66 bits per heavy atom. The van der Waals surface area contributed by atoms with Gasteiger partial charge in [0, 0.05) is 18.7 Å². The van der Waals surface area contributed by atoms with E-state index >= 15 is 0 Å². The lowest BCUT2D eigenvalue weighted by Crippen LogP contribution is -2.37. The van der Waals surface area contributed by atoms with E-state index in [0.29, 0.717) is 49.5 Å². The summed E-state index contributed by atoms with van der Waals surface area (Å²) < 4.78 is 26.6. The smallest absolute Gasteiger partial charge is 0.322 e. The van der Waals surface area contributed by atoms with Crippen molar-refractivity contribution < 1.29 is 23.7 Å². The van der Waals surface area contributed by atoms with Crippen LogP contribution in [0.3, 0.4) is 0 Å². The first-order valence-electron chi connectivity index (χ1n) is 8.90. The molecule has 1 saturated heterocycles. The number of methoxy groups -OCH3 is 4. The molecule has 1 aliphatic heterocycles. The van der Waals surface area contributed by atoms with Gasteiger partial charge in [0.1, 0.15) is 0 Å². The summed E-state index contributed by atoms with van der Waals surface area (Å²) in [6.07, 6.45) is 1.59. The van der Waals surface area contributed by atoms with Gasteiger partial charge in [0.25, 0.3) is 5.95 Å². The van der Waals surface area contributed by atoms with Gasteiger partial charge >= 0.3 is 6.01 Å². The fraction of sp³-hybridized carbons (Fsp3) is 0.444. The van der Waals surface area contributed by atoms with E-state index in [0.717, 1.165) is 5.56 Å². The molecule has 1 aromatic carbocycles. The highest BCUT2D eigenvalue weighted by atomic mass is 16.5. The molecule has 0 bridgehead atoms. The van der Waals surface area contributed by atoms with Crippen LogP contribution in [0.15, 0.2) is 17.2 Å². The molecule has 11 heteroatoms. The molecule has 2 aromatic rings. The molecule has 0 radical (unpaired) electrons. The first kappa shape index (κ1) is 20.4. The van der Waals surface area contributed by atoms with E-state index in [1.165, 1.54) is 7.11 Å². The average Bonchev–Trinajstić information content (AvgIpc) is 2.78. The standard InChI is InChI=1S/C18H24N6O5/c1-25-13-9-12(10-14(26-2)15(13)27-3)11-19-23-16-20-17(22-18(21-16)28-4)24-5-7-29-8-6-24/h9-11H,5-8H2,1-4H3,(H,20,21,22,23)/b19-11+. The summed E-state index contributed by atoms with van der Waals surface area (Å²) in [6, 6.07) is 3.76. The van der Waals surface area contributed by atoms with Crippen LogP contribution in [0.2, 0.25) is 0 Å². The molecular weight excluding hydrogens is 380 g/mol. The Labute approximate surface area is 168 Å². The molecular formula is C18H24N6O5. The van der Waals surface area contributed by atoms with Gasteiger partial charge in [-0.3, -0.25) is 0 Å². The van der Waals surface area contributed by atoms with Crippen LogP contribution < -0.4 is 29.3 Å². The minimum atomic E-state index is 0.201. The maximum atomic E-state index is 5.36. The van der Waals surface area contributed by atoms with Gasteiger partial charge in [0.15, 0.2) is 11.5 Å². The van der Waals surface area contributed by atoms with Crippen molar-refractivity contribution in [2.75, 3.05) is 65.1 Å². The summed E-state index contributed by atoms with van der Waals surface area (Å²) in [4.78, 5) is 14.9. The fourth-order valence-electron chi connectivity index (χ4n) is 2.73. The van der Waals surface area contributed by atoms with E-state index in [-0.39, 0.29) is 12.0 Å². The number of hydrogen-bond acceptors (Lipinski definition) is 11. The second kappa shape index (κ2) is 9.73. The van der Waals surface area contributed by atoms with E-state index in [9.17, 15) is 0 Å². The zero-order valence-electron chi connectivity index (χ0n) is 16.8. The number of morpholine rings is 1. The van der Waals surface area contributed by atoms with Crippen LogP contribution in [0.4, 0.5) is 11.9 Å². The van der Waals surface area contributed by atoms with Crippen LogP contribution in [0.1, 0.15) is 5.56 Å². The highest BCUT2D eigenvalue weighted by Crippen LogP contribution is 2.37. The van der Waals surface area contributed by atoms with Crippen molar-refractivity contribution in [3.05, 3.63) is 17.7 Å². The maximum Gasteiger partial charge on any atom is 0.322 e. The molecule has 0 amide bonds. The molecule has 0 unspecified atom stereocenters. The Kier molecular flexibility index (Phi) is 6.85. The lowest BCUT2D eigenvalue weighted by atomic mass is 10.2. The number of aromatic nitrogens is 3. The molecule has 29 heavy (non-hydrogen) atoms. The molecule has 1 N–H and O–H groups in total. The van der Waals surface area contributed by atoms with Crippen molar-refractivity contribution in [2.24, 2.45) is 5.10 Å². The van der Waals surface area contributed by atoms with Crippen LogP contribution in [-0.4, -0.2) is 75.9 Å². The second-order valence-corrected chi connectivity index (χ2v) is 5.87. The van der Waals surface area contributed by atoms with Gasteiger partial charge in [-0.15, -0.1) is 0 Å². The predicted octanol–water partition coefficient (Wildman–Crippen LogP) is 1.19. The highest BCUT2D eigenvalue weighted by molar-refractivity contribution is 5.82. The monoisotopic (exact) mass is 404 g/mol. The van der Waals surface area contributed by atoms with Crippen LogP contribution in [0, 0.1) is 0 Å². The Hall–Kier alpha value is -3.34. The number of hydrogen-bond donors (Lipinski definition) is 1. The number of anilines is 2. The van der Waals surface area contributed by atoms with Crippen LogP contribution in [0.5, 0.6) is 23.3 Å². The Morgan fingerprint density at radius 1 is 0.966 bits per heavy atom. The quantitative estimate of drug-likeness (QED) is 0.508. The summed E-state index contributed by atoms with van der Waals surface area (Å²) in [5.41, 5.74) is 3.54. The maximum absolute atomic E-state index is 5.36. The minimum absolute atomic E-state index is 0.201. The molecule has 11 nitrogen and oxygen atoms in total. The number of rotatable bonds is 8. The van der Waals surface area contributed by atoms with Gasteiger partial charge in [-0.1, -0.05) is 0 Å². The number of nitrogens with zero attached hydrogens (tertiary/aromatic N) is 5. The lowest BCUT2D eigenvalue weighted by Gasteiger charge is -2.26. The van der Waals surface area contributed by atoms with E-state index in [1.54, 1.807) is 39.7 Å². The summed E-state index contributed by atoms with van der Waals surface area (Å²) in [6.45, 7) is 2.63. The highest BCUT2D eigenvalue weighted by Gasteiger charge is 2.17. The van der Waals surface area contributed by atoms with Gasteiger partial charge in [0.2, 0.25) is 11.7 Å². The third-order valence-electron chi connectivity index (χ3n) is 4.14. The van der Waals surface area contributed by atoms with Gasteiger partial charge in [-0.25, -0.2) is 5.43 Å². The second-order valence-electron chi connectivity index (χ2n) is 5.87. The third kappa shape index (κ3) is 4.93. The topological polar surface area (TPSA) is 112 Å². The molecule has 3 rings (SSSR count). The SMILES string of the molecule is COc1nc(N/N=C/c2cc(OC)c(OC)c(OC)c2)nc(N2CCOCC2)n1. The summed E-state index contributed by atoms with van der Waals surface area (Å²) in [5, 5.41) is 4.20. The molecule has 1 fully saturated rings. The minimum Gasteiger partial charge on any atom is -0.493 e. The zero-order valence-corrected chi connectivity index (χ0v) is 16.8. The summed E-state index contributed by atoms with van der Waals surface area (Å²) in [7, 11) is 6.17. The molecule has 0 aliphatic carbocycles. The zero-order chi connectivity index (χ0) is 20.6. The van der Waals surface area contributed by atoms with Crippen molar-refractivity contribution in [3.8, 4) is 23.3 Å². The fourth-order valence-corrected chi connectivity index (χ4v) is 2.73. The lowest BCUT2D eigenvalue weighted by molar-refractivity contribution is 0.122. The van der Waals surface area contributed by atoms with Gasteiger partial charge in [-0.05, 0) is 12.1 Å². The van der Waals surface area contributed by atoms with E-state index < -0.39 is 0 Å². The molecule has 156 valence electrons. The van der Waals surface area contributed by atoms with Crippen molar-refractivity contribution in [1.82, 2.24) is 15.0 Å². The number of nitrogens with one attached hydrogen (secondary N) is 1. The van der Waals surface area contributed by atoms with Crippen molar-refractivity contribution >= 4 is 18.1 Å². The molecule has 0 spiro atoms. The Morgan fingerprint density at radius 3 is 2.24 bits per heavy atom. The number of benzene rings is 1. The Balaban J connectivity index is 1.79. The summed E-state index contributed by atoms with van der Waals surface area (Å²) >= 11 is 0. The van der Waals surface area contributed by atoms with Crippen molar-refractivity contribution in [1.29, 1.82) is 0 Å². The molecule has 1 aromatic heterocycles. The summed E-state index contributed by atoms with van der Waals surface area (Å²) in [5.74, 6) is 2.35. The van der Waals surface area contributed by atoms with Gasteiger partial charge in [-0.2, -0.15) is 20.1 Å². The van der Waals surface area contributed by atoms with Crippen molar-refractivity contribution in [2.45, 2.75) is 0 Å². The van der Waals surface area contributed by atoms with Gasteiger partial charge < -0.3 is 28.6 Å². The average molecular weight is 404 g/mol. The van der Waals surface area contributed by atoms with E-state index in [4.69, 9.17) is 23.7 Å². The largest absolute Gasteiger partial charge is 0.493 e. The third-order valence-corrected chi connectivity index (χ3v) is 4.14. The number of ether oxygens (including phenoxy) is 5. The first-order valence-corrected chi connectivity index (χ1v) is 8.90. The van der Waals surface area contributed by atoms with Crippen LogP contribution >= 0.6 is 0 Å².